The Labute approximate surface area is 231 Å². The largest absolute Gasteiger partial charge is 0.343 e. The number of aryl methyl sites for hydroxylation is 2. The van der Waals surface area contributed by atoms with E-state index in [4.69, 9.17) is 0 Å². The second-order valence-electron chi connectivity index (χ2n) is 9.43. The Bertz CT molecular complexity index is 1650. The summed E-state index contributed by atoms with van der Waals surface area (Å²) in [5.41, 5.74) is 5.42. The normalized spacial score (nSPS) is 11.6. The lowest BCUT2D eigenvalue weighted by Gasteiger charge is -2.10. The van der Waals surface area contributed by atoms with Gasteiger partial charge in [-0.2, -0.15) is 0 Å². The molecule has 0 saturated heterocycles. The summed E-state index contributed by atoms with van der Waals surface area (Å²) in [7, 11) is -3.61. The van der Waals surface area contributed by atoms with Gasteiger partial charge in [-0.05, 0) is 59.2 Å². The van der Waals surface area contributed by atoms with Crippen LogP contribution >= 0.6 is 11.3 Å². The van der Waals surface area contributed by atoms with Gasteiger partial charge in [0.05, 0.1) is 28.7 Å². The zero-order valence-electron chi connectivity index (χ0n) is 22.6. The Morgan fingerprint density at radius 3 is 2.36 bits per heavy atom. The van der Waals surface area contributed by atoms with Gasteiger partial charge in [-0.25, -0.2) is 27.3 Å². The van der Waals surface area contributed by atoms with E-state index in [1.54, 1.807) is 27.7 Å². The highest BCUT2D eigenvalue weighted by Gasteiger charge is 2.25. The van der Waals surface area contributed by atoms with Gasteiger partial charge in [-0.15, -0.1) is 11.3 Å². The number of nitrogens with zero attached hydrogens (tertiary/aromatic N) is 4. The Hall–Kier alpha value is -3.90. The van der Waals surface area contributed by atoms with Crippen LogP contribution in [0.4, 0.5) is 5.13 Å². The van der Waals surface area contributed by atoms with Crippen molar-refractivity contribution in [3.8, 4) is 22.5 Å². The fraction of sp³-hybridized carbons (Fsp3) is 0.296. The monoisotopic (exact) mass is 566 g/mol. The van der Waals surface area contributed by atoms with E-state index >= 15 is 0 Å². The first-order valence-electron chi connectivity index (χ1n) is 12.3. The molecule has 0 aliphatic carbocycles. The first-order chi connectivity index (χ1) is 18.4. The topological polar surface area (TPSA) is 136 Å². The molecule has 2 N–H and O–H groups in total. The fourth-order valence-corrected chi connectivity index (χ4v) is 5.94. The fourth-order valence-electron chi connectivity index (χ4n) is 3.98. The highest BCUT2D eigenvalue weighted by molar-refractivity contribution is 7.90. The SMILES string of the molecule is Cc1cc(-c2cccc(-c3csc(NC(=O)CNC(=O)c4cn(S(=O)(=O)C(C)C)c(C)c4C)n3)c2)nc(C)n1. The molecule has 204 valence electrons. The minimum Gasteiger partial charge on any atom is -0.343 e. The number of nitrogens with one attached hydrogen (secondary N) is 2. The van der Waals surface area contributed by atoms with E-state index in [2.05, 4.69) is 25.6 Å². The number of thiazole rings is 1. The third kappa shape index (κ3) is 6.07. The second-order valence-corrected chi connectivity index (χ2v) is 12.7. The first kappa shape index (κ1) is 28.1. The number of amides is 2. The minimum atomic E-state index is -3.61. The summed E-state index contributed by atoms with van der Waals surface area (Å²) in [4.78, 5) is 38.6. The van der Waals surface area contributed by atoms with E-state index in [1.165, 1.54) is 17.5 Å². The number of aromatic nitrogens is 4. The Kier molecular flexibility index (Phi) is 7.98. The predicted octanol–water partition coefficient (Wildman–Crippen LogP) is 4.26. The standard InChI is InChI=1S/C27H30N6O4S2/c1-15(2)39(36,37)33-13-22(17(4)18(33)5)26(35)28-12-25(34)32-27-31-24(14-38-27)21-9-7-8-20(11-21)23-10-16(3)29-19(6)30-23/h7-11,13-15H,12H2,1-6H3,(H,28,35)(H,31,32,34). The van der Waals surface area contributed by atoms with Gasteiger partial charge in [0.25, 0.3) is 5.91 Å². The lowest BCUT2D eigenvalue weighted by Crippen LogP contribution is -2.33. The maximum absolute atomic E-state index is 12.7. The molecule has 3 aromatic heterocycles. The molecule has 0 fully saturated rings. The third-order valence-electron chi connectivity index (χ3n) is 6.22. The zero-order chi connectivity index (χ0) is 28.5. The lowest BCUT2D eigenvalue weighted by molar-refractivity contribution is -0.115. The molecule has 10 nitrogen and oxygen atoms in total. The van der Waals surface area contributed by atoms with Crippen LogP contribution in [-0.4, -0.2) is 51.0 Å². The number of anilines is 1. The Morgan fingerprint density at radius 1 is 1.00 bits per heavy atom. The molecule has 4 aromatic rings. The lowest BCUT2D eigenvalue weighted by atomic mass is 10.1. The van der Waals surface area contributed by atoms with E-state index in [1.807, 2.05) is 49.6 Å². The molecule has 0 aliphatic rings. The quantitative estimate of drug-likeness (QED) is 0.325. The molecule has 2 amide bonds. The van der Waals surface area contributed by atoms with Gasteiger partial charge in [-0.3, -0.25) is 9.59 Å². The van der Waals surface area contributed by atoms with Gasteiger partial charge >= 0.3 is 0 Å². The van der Waals surface area contributed by atoms with Crippen molar-refractivity contribution in [1.82, 2.24) is 24.2 Å². The predicted molar refractivity (Wildman–Crippen MR) is 152 cm³/mol. The Morgan fingerprint density at radius 2 is 1.69 bits per heavy atom. The third-order valence-corrected chi connectivity index (χ3v) is 9.10. The summed E-state index contributed by atoms with van der Waals surface area (Å²) in [6.07, 6.45) is 1.30. The summed E-state index contributed by atoms with van der Waals surface area (Å²) >= 11 is 1.27. The van der Waals surface area contributed by atoms with Crippen molar-refractivity contribution in [3.05, 3.63) is 70.2 Å². The maximum atomic E-state index is 12.7. The van der Waals surface area contributed by atoms with Crippen molar-refractivity contribution in [3.63, 3.8) is 0 Å². The average Bonchev–Trinajstić information content (AvgIpc) is 3.46. The number of carbonyl (C=O) groups is 2. The van der Waals surface area contributed by atoms with Crippen molar-refractivity contribution in [2.45, 2.75) is 46.8 Å². The van der Waals surface area contributed by atoms with Crippen LogP contribution in [0.1, 0.15) is 47.0 Å². The maximum Gasteiger partial charge on any atom is 0.253 e. The molecule has 12 heteroatoms. The van der Waals surface area contributed by atoms with E-state index in [0.29, 0.717) is 27.9 Å². The van der Waals surface area contributed by atoms with Crippen LogP contribution in [0.25, 0.3) is 22.5 Å². The van der Waals surface area contributed by atoms with Crippen LogP contribution in [0.3, 0.4) is 0 Å². The van der Waals surface area contributed by atoms with Gasteiger partial charge in [0.2, 0.25) is 15.9 Å². The first-order valence-corrected chi connectivity index (χ1v) is 14.6. The molecule has 0 atom stereocenters. The summed E-state index contributed by atoms with van der Waals surface area (Å²) in [6.45, 7) is 9.96. The average molecular weight is 567 g/mol. The van der Waals surface area contributed by atoms with Crippen LogP contribution in [0.2, 0.25) is 0 Å². The summed E-state index contributed by atoms with van der Waals surface area (Å²) in [5, 5.41) is 6.85. The highest BCUT2D eigenvalue weighted by Crippen LogP contribution is 2.28. The summed E-state index contributed by atoms with van der Waals surface area (Å²) in [6, 6.07) is 9.74. The molecule has 0 spiro atoms. The number of carbonyl (C=O) groups excluding carboxylic acids is 2. The molecule has 0 unspecified atom stereocenters. The molecule has 0 radical (unpaired) electrons. The van der Waals surface area contributed by atoms with E-state index in [-0.39, 0.29) is 12.1 Å². The molecule has 0 saturated carbocycles. The van der Waals surface area contributed by atoms with Crippen molar-refractivity contribution in [2.24, 2.45) is 0 Å². The van der Waals surface area contributed by atoms with Crippen molar-refractivity contribution >= 4 is 38.3 Å². The number of benzene rings is 1. The van der Waals surface area contributed by atoms with Crippen molar-refractivity contribution < 1.29 is 18.0 Å². The van der Waals surface area contributed by atoms with Crippen molar-refractivity contribution in [1.29, 1.82) is 0 Å². The zero-order valence-corrected chi connectivity index (χ0v) is 24.2. The van der Waals surface area contributed by atoms with E-state index < -0.39 is 27.1 Å². The Balaban J connectivity index is 1.41. The molecule has 39 heavy (non-hydrogen) atoms. The highest BCUT2D eigenvalue weighted by atomic mass is 32.2. The molecule has 0 aliphatic heterocycles. The van der Waals surface area contributed by atoms with Gasteiger partial charge < -0.3 is 10.6 Å². The van der Waals surface area contributed by atoms with Crippen LogP contribution < -0.4 is 10.6 Å². The minimum absolute atomic E-state index is 0.204. The van der Waals surface area contributed by atoms with Gasteiger partial charge in [0, 0.05) is 34.1 Å². The molecular formula is C27H30N6O4S2. The van der Waals surface area contributed by atoms with Crippen LogP contribution in [0.15, 0.2) is 41.9 Å². The van der Waals surface area contributed by atoms with Crippen LogP contribution in [-0.2, 0) is 14.8 Å². The number of rotatable bonds is 8. The van der Waals surface area contributed by atoms with E-state index in [9.17, 15) is 18.0 Å². The van der Waals surface area contributed by atoms with Gasteiger partial charge in [0.1, 0.15) is 5.82 Å². The van der Waals surface area contributed by atoms with Crippen LogP contribution in [0.5, 0.6) is 0 Å². The second kappa shape index (κ2) is 11.1. The molecule has 4 rings (SSSR count). The smallest absolute Gasteiger partial charge is 0.253 e. The molecule has 1 aromatic carbocycles. The summed E-state index contributed by atoms with van der Waals surface area (Å²) < 4.78 is 26.3. The van der Waals surface area contributed by atoms with Crippen molar-refractivity contribution in [2.75, 3.05) is 11.9 Å². The summed E-state index contributed by atoms with van der Waals surface area (Å²) in [5.74, 6) is -0.284. The van der Waals surface area contributed by atoms with Crippen LogP contribution in [0, 0.1) is 27.7 Å². The van der Waals surface area contributed by atoms with E-state index in [0.717, 1.165) is 26.5 Å². The molecule has 0 bridgehead atoms. The molecular weight excluding hydrogens is 536 g/mol. The van der Waals surface area contributed by atoms with Gasteiger partial charge in [-0.1, -0.05) is 18.2 Å². The van der Waals surface area contributed by atoms with Gasteiger partial charge in [0.15, 0.2) is 5.13 Å². The molecule has 3 heterocycles. The number of hydrogen-bond acceptors (Lipinski definition) is 8. The number of hydrogen-bond donors (Lipinski definition) is 2.